The predicted octanol–water partition coefficient (Wildman–Crippen LogP) is 4.35. The number of hydrogen-bond acceptors (Lipinski definition) is 7. The number of carbonyl (C=O) groups excluding carboxylic acids is 4. The van der Waals surface area contributed by atoms with Crippen molar-refractivity contribution >= 4 is 29.8 Å². The Labute approximate surface area is 228 Å². The molecule has 0 saturated carbocycles. The number of para-hydroxylation sites is 1. The molecule has 0 unspecified atom stereocenters. The predicted molar refractivity (Wildman–Crippen MR) is 143 cm³/mol. The summed E-state index contributed by atoms with van der Waals surface area (Å²) in [6.45, 7) is 5.86. The first-order chi connectivity index (χ1) is 18.6. The van der Waals surface area contributed by atoms with Gasteiger partial charge in [-0.15, -0.1) is 0 Å². The van der Waals surface area contributed by atoms with Crippen molar-refractivity contribution in [2.45, 2.75) is 70.4 Å². The van der Waals surface area contributed by atoms with Crippen molar-refractivity contribution in [1.82, 2.24) is 9.80 Å². The molecule has 0 aromatic heterocycles. The van der Waals surface area contributed by atoms with Crippen LogP contribution < -0.4 is 5.32 Å². The summed E-state index contributed by atoms with van der Waals surface area (Å²) in [6.07, 6.45) is -1.59. The minimum atomic E-state index is -0.768. The van der Waals surface area contributed by atoms with E-state index < -0.39 is 35.9 Å². The highest BCUT2D eigenvalue weighted by Gasteiger charge is 2.53. The first kappa shape index (κ1) is 27.9. The molecule has 2 heterocycles. The van der Waals surface area contributed by atoms with Crippen molar-refractivity contribution in [3.8, 4) is 0 Å². The first-order valence-corrected chi connectivity index (χ1v) is 13.1. The van der Waals surface area contributed by atoms with Crippen molar-refractivity contribution in [1.29, 1.82) is 0 Å². The van der Waals surface area contributed by atoms with Gasteiger partial charge in [0.2, 0.25) is 5.91 Å². The second-order valence-corrected chi connectivity index (χ2v) is 10.6. The zero-order chi connectivity index (χ0) is 28.0. The zero-order valence-electron chi connectivity index (χ0n) is 22.5. The first-order valence-electron chi connectivity index (χ1n) is 13.1. The molecule has 208 valence electrons. The molecule has 0 radical (unpaired) electrons. The number of benzene rings is 2. The average Bonchev–Trinajstić information content (AvgIpc) is 3.47. The van der Waals surface area contributed by atoms with E-state index in [9.17, 15) is 19.2 Å². The standard InChI is InChI=1S/C29H35N3O7/c1-29(2,3)39-25(34)15-14-24(33)32-18-23(38-27(35)30-21-12-8-5-9-13-21)26-22(32)16-17-31(26)28(36)37-19-20-10-6-4-7-11-20/h4-13,22-23,26H,14-19H2,1-3H3,(H,30,35)/t22-,23+,26+/m1/s1. The molecule has 1 N–H and O–H groups in total. The molecular formula is C29H35N3O7. The maximum atomic E-state index is 13.2. The Kier molecular flexibility index (Phi) is 8.73. The molecule has 2 aliphatic rings. The molecule has 2 aromatic carbocycles. The topological polar surface area (TPSA) is 114 Å². The SMILES string of the molecule is CC(C)(C)OC(=O)CCC(=O)N1C[C@H](OC(=O)Nc2ccccc2)[C@@H]2[C@H]1CCN2C(=O)OCc1ccccc1. The maximum Gasteiger partial charge on any atom is 0.412 e. The summed E-state index contributed by atoms with van der Waals surface area (Å²) in [4.78, 5) is 54.3. The second kappa shape index (κ2) is 12.2. The third kappa shape index (κ3) is 7.49. The van der Waals surface area contributed by atoms with Crippen LogP contribution in [0.2, 0.25) is 0 Å². The third-order valence-electron chi connectivity index (χ3n) is 6.58. The summed E-state index contributed by atoms with van der Waals surface area (Å²) in [5.41, 5.74) is 0.769. The van der Waals surface area contributed by atoms with Crippen LogP contribution in [-0.4, -0.2) is 70.7 Å². The number of esters is 1. The van der Waals surface area contributed by atoms with Gasteiger partial charge >= 0.3 is 18.2 Å². The van der Waals surface area contributed by atoms with Crippen LogP contribution >= 0.6 is 0 Å². The normalized spacial score (nSPS) is 20.2. The molecule has 2 saturated heterocycles. The minimum absolute atomic E-state index is 0.0421. The number of nitrogens with zero attached hydrogens (tertiary/aromatic N) is 2. The summed E-state index contributed by atoms with van der Waals surface area (Å²) in [7, 11) is 0. The number of anilines is 1. The average molecular weight is 538 g/mol. The van der Waals surface area contributed by atoms with E-state index in [0.29, 0.717) is 18.7 Å². The molecule has 0 spiro atoms. The van der Waals surface area contributed by atoms with Gasteiger partial charge in [0.1, 0.15) is 18.3 Å². The second-order valence-electron chi connectivity index (χ2n) is 10.6. The molecule has 3 atom stereocenters. The Hall–Kier alpha value is -4.08. The van der Waals surface area contributed by atoms with E-state index in [1.165, 1.54) is 4.90 Å². The van der Waals surface area contributed by atoms with Gasteiger partial charge in [0.05, 0.1) is 25.0 Å². The van der Waals surface area contributed by atoms with Crippen molar-refractivity contribution in [3.63, 3.8) is 0 Å². The summed E-state index contributed by atoms with van der Waals surface area (Å²) in [5, 5.41) is 2.68. The van der Waals surface area contributed by atoms with Gasteiger partial charge in [0.25, 0.3) is 0 Å². The minimum Gasteiger partial charge on any atom is -0.460 e. The molecule has 10 nitrogen and oxygen atoms in total. The van der Waals surface area contributed by atoms with Crippen LogP contribution in [0.25, 0.3) is 0 Å². The fourth-order valence-electron chi connectivity index (χ4n) is 4.99. The largest absolute Gasteiger partial charge is 0.460 e. The van der Waals surface area contributed by atoms with Gasteiger partial charge in [0, 0.05) is 18.7 Å². The lowest BCUT2D eigenvalue weighted by molar-refractivity contribution is -0.156. The highest BCUT2D eigenvalue weighted by atomic mass is 16.6. The third-order valence-corrected chi connectivity index (χ3v) is 6.58. The molecule has 0 aliphatic carbocycles. The number of nitrogens with one attached hydrogen (secondary N) is 1. The lowest BCUT2D eigenvalue weighted by atomic mass is 10.1. The molecule has 2 aliphatic heterocycles. The van der Waals surface area contributed by atoms with Crippen LogP contribution in [-0.2, 0) is 30.4 Å². The Morgan fingerprint density at radius 3 is 2.26 bits per heavy atom. The van der Waals surface area contributed by atoms with Gasteiger partial charge in [-0.1, -0.05) is 48.5 Å². The van der Waals surface area contributed by atoms with Gasteiger partial charge in [-0.05, 0) is 44.9 Å². The van der Waals surface area contributed by atoms with E-state index >= 15 is 0 Å². The Balaban J connectivity index is 1.44. The summed E-state index contributed by atoms with van der Waals surface area (Å²) >= 11 is 0. The summed E-state index contributed by atoms with van der Waals surface area (Å²) in [6, 6.07) is 17.3. The van der Waals surface area contributed by atoms with Crippen molar-refractivity contribution < 1.29 is 33.4 Å². The maximum absolute atomic E-state index is 13.2. The van der Waals surface area contributed by atoms with Gasteiger partial charge in [0.15, 0.2) is 0 Å². The number of carbonyl (C=O) groups is 4. The van der Waals surface area contributed by atoms with Gasteiger partial charge in [-0.3, -0.25) is 19.8 Å². The van der Waals surface area contributed by atoms with E-state index in [1.54, 1.807) is 49.9 Å². The Bertz CT molecular complexity index is 1170. The van der Waals surface area contributed by atoms with Crippen LogP contribution in [0.1, 0.15) is 45.6 Å². The van der Waals surface area contributed by atoms with Crippen LogP contribution in [0, 0.1) is 0 Å². The molecule has 3 amide bonds. The lowest BCUT2D eigenvalue weighted by Crippen LogP contribution is -2.46. The van der Waals surface area contributed by atoms with Gasteiger partial charge in [-0.25, -0.2) is 9.59 Å². The summed E-state index contributed by atoms with van der Waals surface area (Å²) in [5.74, 6) is -0.718. The number of amides is 3. The van der Waals surface area contributed by atoms with Gasteiger partial charge < -0.3 is 19.1 Å². The number of ether oxygens (including phenoxy) is 3. The van der Waals surface area contributed by atoms with Crippen molar-refractivity contribution in [3.05, 3.63) is 66.2 Å². The number of likely N-dealkylation sites (tertiary alicyclic amines) is 2. The number of fused-ring (bicyclic) bond motifs is 1. The Morgan fingerprint density at radius 1 is 0.923 bits per heavy atom. The molecule has 4 rings (SSSR count). The van der Waals surface area contributed by atoms with Crippen molar-refractivity contribution in [2.24, 2.45) is 0 Å². The molecule has 0 bridgehead atoms. The lowest BCUT2D eigenvalue weighted by Gasteiger charge is -2.27. The quantitative estimate of drug-likeness (QED) is 0.413. The number of rotatable bonds is 7. The highest BCUT2D eigenvalue weighted by Crippen LogP contribution is 2.35. The smallest absolute Gasteiger partial charge is 0.412 e. The van der Waals surface area contributed by atoms with Crippen LogP contribution in [0.3, 0.4) is 0 Å². The fourth-order valence-corrected chi connectivity index (χ4v) is 4.99. The summed E-state index contributed by atoms with van der Waals surface area (Å²) < 4.78 is 16.6. The monoisotopic (exact) mass is 537 g/mol. The van der Waals surface area contributed by atoms with Crippen molar-refractivity contribution in [2.75, 3.05) is 18.4 Å². The molecule has 2 aromatic rings. The molecule has 10 heteroatoms. The fraction of sp³-hybridized carbons (Fsp3) is 0.448. The van der Waals surface area contributed by atoms with E-state index in [1.807, 2.05) is 36.4 Å². The van der Waals surface area contributed by atoms with Crippen LogP contribution in [0.15, 0.2) is 60.7 Å². The number of hydrogen-bond donors (Lipinski definition) is 1. The van der Waals surface area contributed by atoms with Crippen LogP contribution in [0.4, 0.5) is 15.3 Å². The van der Waals surface area contributed by atoms with E-state index in [0.717, 1.165) is 5.56 Å². The van der Waals surface area contributed by atoms with E-state index in [4.69, 9.17) is 14.2 Å². The molecule has 2 fully saturated rings. The zero-order valence-corrected chi connectivity index (χ0v) is 22.5. The molecular weight excluding hydrogens is 502 g/mol. The van der Waals surface area contributed by atoms with E-state index in [-0.39, 0.29) is 37.9 Å². The Morgan fingerprint density at radius 2 is 1.59 bits per heavy atom. The van der Waals surface area contributed by atoms with Gasteiger partial charge in [-0.2, -0.15) is 0 Å². The van der Waals surface area contributed by atoms with E-state index in [2.05, 4.69) is 5.32 Å². The van der Waals surface area contributed by atoms with Crippen LogP contribution in [0.5, 0.6) is 0 Å². The molecule has 39 heavy (non-hydrogen) atoms. The highest BCUT2D eigenvalue weighted by molar-refractivity contribution is 5.85.